The Morgan fingerprint density at radius 1 is 0.792 bits per heavy atom. The third-order valence-corrected chi connectivity index (χ3v) is 3.61. The van der Waals surface area contributed by atoms with Gasteiger partial charge in [0, 0.05) is 17.2 Å². The minimum absolute atomic E-state index is 0.225. The number of carbonyl (C=O) groups is 1. The summed E-state index contributed by atoms with van der Waals surface area (Å²) in [6, 6.07) is 22.7. The van der Waals surface area contributed by atoms with Gasteiger partial charge in [-0.2, -0.15) is 0 Å². The zero-order valence-corrected chi connectivity index (χ0v) is 12.7. The number of carbonyl (C=O) groups excluding carboxylic acids is 1. The van der Waals surface area contributed by atoms with Gasteiger partial charge in [-0.3, -0.25) is 0 Å². The van der Waals surface area contributed by atoms with E-state index >= 15 is 0 Å². The average molecular weight is 315 g/mol. The fourth-order valence-electron chi connectivity index (χ4n) is 2.44. The van der Waals surface area contributed by atoms with Crippen LogP contribution in [0.1, 0.15) is 11.3 Å². The number of ether oxygens (including phenoxy) is 1. The largest absolute Gasteiger partial charge is 0.457 e. The molecule has 2 heterocycles. The lowest BCUT2D eigenvalue weighted by molar-refractivity contribution is -0.129. The highest BCUT2D eigenvalue weighted by molar-refractivity contribution is 6.12. The smallest absolute Gasteiger partial charge is 0.363 e. The molecule has 1 aliphatic heterocycles. The molecule has 0 N–H and O–H groups in total. The van der Waals surface area contributed by atoms with Gasteiger partial charge in [-0.1, -0.05) is 48.5 Å². The highest BCUT2D eigenvalue weighted by atomic mass is 16.6. The van der Waals surface area contributed by atoms with Crippen LogP contribution in [0.4, 0.5) is 0 Å². The van der Waals surface area contributed by atoms with Gasteiger partial charge < -0.3 is 9.15 Å². The number of benzene rings is 2. The van der Waals surface area contributed by atoms with Gasteiger partial charge >= 0.3 is 5.97 Å². The lowest BCUT2D eigenvalue weighted by Crippen LogP contribution is -2.04. The van der Waals surface area contributed by atoms with Crippen LogP contribution in [0.3, 0.4) is 0 Å². The van der Waals surface area contributed by atoms with Crippen molar-refractivity contribution >= 4 is 17.9 Å². The van der Waals surface area contributed by atoms with Crippen molar-refractivity contribution in [3.8, 4) is 11.3 Å². The van der Waals surface area contributed by atoms with Crippen molar-refractivity contribution in [1.82, 2.24) is 0 Å². The Hall–Kier alpha value is -3.40. The minimum atomic E-state index is -0.480. The Morgan fingerprint density at radius 2 is 1.46 bits per heavy atom. The van der Waals surface area contributed by atoms with Gasteiger partial charge in [0.15, 0.2) is 5.70 Å². The molecule has 0 saturated heterocycles. The highest BCUT2D eigenvalue weighted by Gasteiger charge is 2.24. The van der Waals surface area contributed by atoms with E-state index in [4.69, 9.17) is 9.15 Å². The van der Waals surface area contributed by atoms with E-state index in [2.05, 4.69) is 4.99 Å². The zero-order valence-electron chi connectivity index (χ0n) is 12.7. The first-order valence-corrected chi connectivity index (χ1v) is 7.53. The molecule has 0 unspecified atom stereocenters. The Kier molecular flexibility index (Phi) is 3.56. The van der Waals surface area contributed by atoms with Gasteiger partial charge in [0.2, 0.25) is 5.90 Å². The van der Waals surface area contributed by atoms with Crippen LogP contribution in [0.25, 0.3) is 17.4 Å². The minimum Gasteiger partial charge on any atom is -0.457 e. The van der Waals surface area contributed by atoms with Crippen LogP contribution >= 0.6 is 0 Å². The van der Waals surface area contributed by atoms with Crippen molar-refractivity contribution < 1.29 is 13.9 Å². The predicted molar refractivity (Wildman–Crippen MR) is 91.2 cm³/mol. The van der Waals surface area contributed by atoms with Crippen LogP contribution in [-0.2, 0) is 9.53 Å². The second-order valence-electron chi connectivity index (χ2n) is 5.27. The fraction of sp³-hybridized carbons (Fsp3) is 0. The van der Waals surface area contributed by atoms with Crippen LogP contribution in [0.5, 0.6) is 0 Å². The molecule has 24 heavy (non-hydrogen) atoms. The van der Waals surface area contributed by atoms with Gasteiger partial charge in [0.1, 0.15) is 11.5 Å². The molecule has 0 atom stereocenters. The van der Waals surface area contributed by atoms with Crippen molar-refractivity contribution in [2.75, 3.05) is 0 Å². The molecule has 0 spiro atoms. The topological polar surface area (TPSA) is 51.8 Å². The SMILES string of the molecule is O=C1OC(c2ccccc2)=N/C1=C\c1ccc(-c2ccccc2)o1. The Balaban J connectivity index is 1.63. The molecule has 116 valence electrons. The monoisotopic (exact) mass is 315 g/mol. The van der Waals surface area contributed by atoms with Gasteiger partial charge in [0.05, 0.1) is 0 Å². The molecule has 0 aliphatic carbocycles. The molecule has 0 amide bonds. The lowest BCUT2D eigenvalue weighted by Gasteiger charge is -1.97. The molecule has 3 aromatic rings. The van der Waals surface area contributed by atoms with Crippen molar-refractivity contribution in [1.29, 1.82) is 0 Å². The van der Waals surface area contributed by atoms with Crippen molar-refractivity contribution in [2.45, 2.75) is 0 Å². The maximum Gasteiger partial charge on any atom is 0.363 e. The molecule has 4 heteroatoms. The van der Waals surface area contributed by atoms with E-state index in [1.54, 1.807) is 12.1 Å². The number of nitrogens with zero attached hydrogens (tertiary/aromatic N) is 1. The van der Waals surface area contributed by atoms with Crippen LogP contribution in [0.15, 0.2) is 87.9 Å². The van der Waals surface area contributed by atoms with Crippen LogP contribution in [0, 0.1) is 0 Å². The van der Waals surface area contributed by atoms with E-state index in [1.807, 2.05) is 66.7 Å². The summed E-state index contributed by atoms with van der Waals surface area (Å²) in [4.78, 5) is 16.3. The number of esters is 1. The summed E-state index contributed by atoms with van der Waals surface area (Å²) in [6.07, 6.45) is 1.59. The first-order valence-electron chi connectivity index (χ1n) is 7.53. The normalized spacial score (nSPS) is 15.4. The summed E-state index contributed by atoms with van der Waals surface area (Å²) in [6.45, 7) is 0. The maximum atomic E-state index is 12.0. The van der Waals surface area contributed by atoms with Crippen molar-refractivity contribution in [3.05, 3.63) is 89.8 Å². The molecular weight excluding hydrogens is 302 g/mol. The van der Waals surface area contributed by atoms with E-state index in [9.17, 15) is 4.79 Å². The number of rotatable bonds is 3. The number of cyclic esters (lactones) is 1. The molecule has 0 bridgehead atoms. The summed E-state index contributed by atoms with van der Waals surface area (Å²) in [5.41, 5.74) is 1.96. The molecular formula is C20H13NO3. The first-order chi connectivity index (χ1) is 11.8. The van der Waals surface area contributed by atoms with Gasteiger partial charge in [-0.25, -0.2) is 9.79 Å². The number of furan rings is 1. The first kappa shape index (κ1) is 14.2. The molecule has 0 saturated carbocycles. The fourth-order valence-corrected chi connectivity index (χ4v) is 2.44. The third-order valence-electron chi connectivity index (χ3n) is 3.61. The Morgan fingerprint density at radius 3 is 2.17 bits per heavy atom. The third kappa shape index (κ3) is 2.77. The van der Waals surface area contributed by atoms with Crippen molar-refractivity contribution in [3.63, 3.8) is 0 Å². The molecule has 4 nitrogen and oxygen atoms in total. The second-order valence-corrected chi connectivity index (χ2v) is 5.27. The van der Waals surface area contributed by atoms with Gasteiger partial charge in [-0.05, 0) is 24.3 Å². The Bertz CT molecular complexity index is 937. The maximum absolute atomic E-state index is 12.0. The van der Waals surface area contributed by atoms with Gasteiger partial charge in [-0.15, -0.1) is 0 Å². The molecule has 1 aliphatic rings. The van der Waals surface area contributed by atoms with E-state index in [1.165, 1.54) is 0 Å². The second kappa shape index (κ2) is 6.01. The summed E-state index contributed by atoms with van der Waals surface area (Å²) in [5, 5.41) is 0. The lowest BCUT2D eigenvalue weighted by atomic mass is 10.2. The van der Waals surface area contributed by atoms with E-state index in [-0.39, 0.29) is 5.70 Å². The summed E-state index contributed by atoms with van der Waals surface area (Å²) < 4.78 is 11.0. The standard InChI is InChI=1S/C20H13NO3/c22-20-17(21-19(24-20)15-9-5-2-6-10-15)13-16-11-12-18(23-16)14-7-3-1-4-8-14/h1-13H/b17-13-. The van der Waals surface area contributed by atoms with Crippen LogP contribution < -0.4 is 0 Å². The van der Waals surface area contributed by atoms with Gasteiger partial charge in [0.25, 0.3) is 0 Å². The molecule has 0 radical (unpaired) electrons. The Labute approximate surface area is 138 Å². The zero-order chi connectivity index (χ0) is 16.4. The molecule has 2 aromatic carbocycles. The average Bonchev–Trinajstić information content (AvgIpc) is 3.24. The van der Waals surface area contributed by atoms with E-state index in [0.717, 1.165) is 16.9 Å². The molecule has 4 rings (SSSR count). The summed E-state index contributed by atoms with van der Waals surface area (Å²) >= 11 is 0. The number of hydrogen-bond donors (Lipinski definition) is 0. The summed E-state index contributed by atoms with van der Waals surface area (Å²) in [7, 11) is 0. The molecule has 1 aromatic heterocycles. The van der Waals surface area contributed by atoms with Crippen LogP contribution in [-0.4, -0.2) is 11.9 Å². The molecule has 0 fully saturated rings. The van der Waals surface area contributed by atoms with Crippen molar-refractivity contribution in [2.24, 2.45) is 4.99 Å². The quantitative estimate of drug-likeness (QED) is 0.535. The number of hydrogen-bond acceptors (Lipinski definition) is 4. The highest BCUT2D eigenvalue weighted by Crippen LogP contribution is 2.25. The van der Waals surface area contributed by atoms with Crippen LogP contribution in [0.2, 0.25) is 0 Å². The predicted octanol–water partition coefficient (Wildman–Crippen LogP) is 4.29. The van der Waals surface area contributed by atoms with E-state index in [0.29, 0.717) is 11.7 Å². The number of aliphatic imine (C=N–C) groups is 1. The van der Waals surface area contributed by atoms with E-state index < -0.39 is 5.97 Å². The summed E-state index contributed by atoms with van der Waals surface area (Å²) in [5.74, 6) is 1.12.